The highest BCUT2D eigenvalue weighted by Crippen LogP contribution is 1.99. The van der Waals surface area contributed by atoms with Crippen LogP contribution in [-0.4, -0.2) is 62.7 Å². The first-order chi connectivity index (χ1) is 8.45. The smallest absolute Gasteiger partial charge is 0.0110 e. The molecule has 0 radical (unpaired) electrons. The summed E-state index contributed by atoms with van der Waals surface area (Å²) in [5.74, 6) is 0.750. The first kappa shape index (κ1) is 17.9. The molecule has 0 spiro atoms. The highest BCUT2D eigenvalue weighted by molar-refractivity contribution is 4.66. The van der Waals surface area contributed by atoms with E-state index in [-0.39, 0.29) is 0 Å². The van der Waals surface area contributed by atoms with Crippen LogP contribution in [0.1, 0.15) is 40.5 Å². The van der Waals surface area contributed by atoms with Crippen LogP contribution >= 0.6 is 0 Å². The van der Waals surface area contributed by atoms with E-state index in [1.807, 2.05) is 0 Å². The van der Waals surface area contributed by atoms with Gasteiger partial charge >= 0.3 is 0 Å². The van der Waals surface area contributed by atoms with Crippen LogP contribution in [-0.2, 0) is 0 Å². The highest BCUT2D eigenvalue weighted by Gasteiger charge is 2.08. The molecule has 0 aromatic carbocycles. The third-order valence-corrected chi connectivity index (χ3v) is 3.13. The minimum absolute atomic E-state index is 0.657. The Morgan fingerprint density at radius 1 is 1.00 bits per heavy atom. The van der Waals surface area contributed by atoms with Crippen molar-refractivity contribution in [2.45, 2.75) is 46.6 Å². The normalized spacial score (nSPS) is 13.8. The van der Waals surface area contributed by atoms with Gasteiger partial charge in [-0.1, -0.05) is 27.2 Å². The summed E-state index contributed by atoms with van der Waals surface area (Å²) in [4.78, 5) is 4.84. The molecular weight excluding hydrogens is 222 g/mol. The number of hydrogen-bond donors (Lipinski definition) is 1. The van der Waals surface area contributed by atoms with Crippen molar-refractivity contribution in [3.8, 4) is 0 Å². The van der Waals surface area contributed by atoms with Gasteiger partial charge in [-0.3, -0.25) is 0 Å². The lowest BCUT2D eigenvalue weighted by Crippen LogP contribution is -2.40. The van der Waals surface area contributed by atoms with Gasteiger partial charge in [0, 0.05) is 38.8 Å². The van der Waals surface area contributed by atoms with Crippen molar-refractivity contribution in [1.29, 1.82) is 0 Å². The first-order valence-corrected chi connectivity index (χ1v) is 7.56. The quantitative estimate of drug-likeness (QED) is 0.613. The molecule has 0 aliphatic heterocycles. The molecule has 0 saturated carbocycles. The maximum absolute atomic E-state index is 3.62. The maximum Gasteiger partial charge on any atom is 0.0110 e. The Kier molecular flexibility index (Phi) is 10.7. The molecule has 0 aromatic rings. The molecule has 0 amide bonds. The average molecular weight is 257 g/mol. The topological polar surface area (TPSA) is 18.5 Å². The summed E-state index contributed by atoms with van der Waals surface area (Å²) < 4.78 is 0. The van der Waals surface area contributed by atoms with Gasteiger partial charge in [0.25, 0.3) is 0 Å². The van der Waals surface area contributed by atoms with E-state index in [4.69, 9.17) is 0 Å². The van der Waals surface area contributed by atoms with E-state index in [9.17, 15) is 0 Å². The van der Waals surface area contributed by atoms with Crippen LogP contribution < -0.4 is 5.32 Å². The highest BCUT2D eigenvalue weighted by atomic mass is 15.2. The van der Waals surface area contributed by atoms with Crippen molar-refractivity contribution in [2.75, 3.05) is 46.8 Å². The Balaban J connectivity index is 3.85. The lowest BCUT2D eigenvalue weighted by atomic mass is 10.2. The number of nitrogens with one attached hydrogen (secondary N) is 1. The van der Waals surface area contributed by atoms with E-state index in [1.54, 1.807) is 0 Å². The van der Waals surface area contributed by atoms with E-state index < -0.39 is 0 Å². The Morgan fingerprint density at radius 3 is 2.17 bits per heavy atom. The fraction of sp³-hybridized carbons (Fsp3) is 1.00. The van der Waals surface area contributed by atoms with Gasteiger partial charge < -0.3 is 15.1 Å². The monoisotopic (exact) mass is 257 g/mol. The molecule has 1 N–H and O–H groups in total. The standard InChI is InChI=1S/C15H35N3/c1-7-8-15(4)16-9-10-18(13-14(2)3)12-11-17(5)6/h14-16H,7-13H2,1-6H3. The van der Waals surface area contributed by atoms with Gasteiger partial charge in [0.1, 0.15) is 0 Å². The van der Waals surface area contributed by atoms with Gasteiger partial charge in [0.15, 0.2) is 0 Å². The molecule has 18 heavy (non-hydrogen) atoms. The van der Waals surface area contributed by atoms with Crippen molar-refractivity contribution in [2.24, 2.45) is 5.92 Å². The van der Waals surface area contributed by atoms with E-state index in [0.717, 1.165) is 19.0 Å². The summed E-state index contributed by atoms with van der Waals surface area (Å²) in [7, 11) is 4.30. The van der Waals surface area contributed by atoms with Gasteiger partial charge in [-0.25, -0.2) is 0 Å². The second kappa shape index (κ2) is 10.8. The zero-order chi connectivity index (χ0) is 14.0. The van der Waals surface area contributed by atoms with Crippen molar-refractivity contribution in [1.82, 2.24) is 15.1 Å². The fourth-order valence-corrected chi connectivity index (χ4v) is 2.16. The molecule has 0 bridgehead atoms. The van der Waals surface area contributed by atoms with Crippen LogP contribution in [0, 0.1) is 5.92 Å². The fourth-order valence-electron chi connectivity index (χ4n) is 2.16. The second-order valence-electron chi connectivity index (χ2n) is 6.14. The molecule has 0 rings (SSSR count). The summed E-state index contributed by atoms with van der Waals surface area (Å²) >= 11 is 0. The van der Waals surface area contributed by atoms with E-state index in [0.29, 0.717) is 6.04 Å². The molecule has 3 nitrogen and oxygen atoms in total. The number of rotatable bonds is 11. The SMILES string of the molecule is CCCC(C)NCCN(CCN(C)C)CC(C)C. The molecule has 0 fully saturated rings. The Bertz CT molecular complexity index is 181. The van der Waals surface area contributed by atoms with Crippen molar-refractivity contribution in [3.05, 3.63) is 0 Å². The Morgan fingerprint density at radius 2 is 1.67 bits per heavy atom. The molecule has 1 atom stereocenters. The molecule has 0 aliphatic carbocycles. The van der Waals surface area contributed by atoms with E-state index >= 15 is 0 Å². The van der Waals surface area contributed by atoms with Gasteiger partial charge in [0.05, 0.1) is 0 Å². The number of nitrogens with zero attached hydrogens (tertiary/aromatic N) is 2. The van der Waals surface area contributed by atoms with Crippen molar-refractivity contribution >= 4 is 0 Å². The van der Waals surface area contributed by atoms with Gasteiger partial charge in [-0.15, -0.1) is 0 Å². The van der Waals surface area contributed by atoms with Crippen LogP contribution in [0.3, 0.4) is 0 Å². The third-order valence-electron chi connectivity index (χ3n) is 3.13. The van der Waals surface area contributed by atoms with Crippen molar-refractivity contribution < 1.29 is 0 Å². The molecule has 0 saturated heterocycles. The second-order valence-corrected chi connectivity index (χ2v) is 6.14. The molecule has 0 heterocycles. The minimum atomic E-state index is 0.657. The maximum atomic E-state index is 3.62. The lowest BCUT2D eigenvalue weighted by molar-refractivity contribution is 0.217. The molecular formula is C15H35N3. The van der Waals surface area contributed by atoms with E-state index in [2.05, 4.69) is 56.9 Å². The number of likely N-dealkylation sites (N-methyl/N-ethyl adjacent to an activating group) is 1. The van der Waals surface area contributed by atoms with Crippen molar-refractivity contribution in [3.63, 3.8) is 0 Å². The molecule has 3 heteroatoms. The summed E-state index contributed by atoms with van der Waals surface area (Å²) in [5.41, 5.74) is 0. The van der Waals surface area contributed by atoms with Crippen LogP contribution in [0.4, 0.5) is 0 Å². The number of hydrogen-bond acceptors (Lipinski definition) is 3. The zero-order valence-corrected chi connectivity index (χ0v) is 13.5. The largest absolute Gasteiger partial charge is 0.313 e. The summed E-state index contributed by atoms with van der Waals surface area (Å²) in [6, 6.07) is 0.657. The average Bonchev–Trinajstić information content (AvgIpc) is 2.25. The third kappa shape index (κ3) is 11.0. The summed E-state index contributed by atoms with van der Waals surface area (Å²) in [6.07, 6.45) is 2.55. The van der Waals surface area contributed by atoms with Gasteiger partial charge in [-0.05, 0) is 33.4 Å². The van der Waals surface area contributed by atoms with Crippen LogP contribution in [0.15, 0.2) is 0 Å². The lowest BCUT2D eigenvalue weighted by Gasteiger charge is -2.26. The predicted molar refractivity (Wildman–Crippen MR) is 82.2 cm³/mol. The zero-order valence-electron chi connectivity index (χ0n) is 13.5. The van der Waals surface area contributed by atoms with Crippen LogP contribution in [0.25, 0.3) is 0 Å². The van der Waals surface area contributed by atoms with Gasteiger partial charge in [-0.2, -0.15) is 0 Å². The molecule has 110 valence electrons. The van der Waals surface area contributed by atoms with Crippen LogP contribution in [0.2, 0.25) is 0 Å². The Hall–Kier alpha value is -0.120. The van der Waals surface area contributed by atoms with Crippen LogP contribution in [0.5, 0.6) is 0 Å². The summed E-state index contributed by atoms with van der Waals surface area (Å²) in [5, 5.41) is 3.62. The minimum Gasteiger partial charge on any atom is -0.313 e. The Labute approximate surface area is 115 Å². The molecule has 1 unspecified atom stereocenters. The molecule has 0 aliphatic rings. The molecule has 0 aromatic heterocycles. The predicted octanol–water partition coefficient (Wildman–Crippen LogP) is 2.28. The summed E-state index contributed by atoms with van der Waals surface area (Å²) in [6.45, 7) is 15.0. The van der Waals surface area contributed by atoms with Gasteiger partial charge in [0.2, 0.25) is 0 Å². The van der Waals surface area contributed by atoms with E-state index in [1.165, 1.54) is 32.5 Å². The first-order valence-electron chi connectivity index (χ1n) is 7.56.